The van der Waals surface area contributed by atoms with Crippen LogP contribution in [0.15, 0.2) is 30.3 Å². The molecule has 1 heterocycles. The van der Waals surface area contributed by atoms with Gasteiger partial charge in [0.05, 0.1) is 6.61 Å². The van der Waals surface area contributed by atoms with Crippen molar-refractivity contribution in [2.45, 2.75) is 50.1 Å². The highest BCUT2D eigenvalue weighted by molar-refractivity contribution is 5.15. The molecule has 1 saturated carbocycles. The Bertz CT molecular complexity index is 442. The molecule has 1 saturated heterocycles. The van der Waals surface area contributed by atoms with E-state index in [0.29, 0.717) is 6.04 Å². The standard InChI is InChI=1S/C18H28N2O/c19-18(14-21)9-6-17(13-18)20-10-7-16(8-11-20)12-15-4-2-1-3-5-15/h1-5,16-17,21H,6-14,19H2. The lowest BCUT2D eigenvalue weighted by molar-refractivity contribution is 0.123. The van der Waals surface area contributed by atoms with Crippen LogP contribution in [0, 0.1) is 5.92 Å². The van der Waals surface area contributed by atoms with Crippen molar-refractivity contribution in [2.75, 3.05) is 19.7 Å². The number of aliphatic hydroxyl groups excluding tert-OH is 1. The van der Waals surface area contributed by atoms with Gasteiger partial charge in [0.2, 0.25) is 0 Å². The van der Waals surface area contributed by atoms with Crippen molar-refractivity contribution >= 4 is 0 Å². The summed E-state index contributed by atoms with van der Waals surface area (Å²) in [6.07, 6.45) is 6.90. The number of nitrogens with two attached hydrogens (primary N) is 1. The lowest BCUT2D eigenvalue weighted by Gasteiger charge is -2.36. The maximum atomic E-state index is 9.40. The predicted molar refractivity (Wildman–Crippen MR) is 86.1 cm³/mol. The number of hydrogen-bond acceptors (Lipinski definition) is 3. The minimum absolute atomic E-state index is 0.133. The maximum Gasteiger partial charge on any atom is 0.0611 e. The molecule has 0 bridgehead atoms. The minimum atomic E-state index is -0.314. The fourth-order valence-corrected chi connectivity index (χ4v) is 4.05. The maximum absolute atomic E-state index is 9.40. The van der Waals surface area contributed by atoms with Gasteiger partial charge in [0, 0.05) is 11.6 Å². The first-order valence-electron chi connectivity index (χ1n) is 8.36. The van der Waals surface area contributed by atoms with E-state index >= 15 is 0 Å². The SMILES string of the molecule is NC1(CO)CCC(N2CCC(Cc3ccccc3)CC2)C1. The second-order valence-corrected chi connectivity index (χ2v) is 7.09. The molecule has 3 nitrogen and oxygen atoms in total. The van der Waals surface area contributed by atoms with Gasteiger partial charge in [0.15, 0.2) is 0 Å². The second kappa shape index (κ2) is 6.47. The van der Waals surface area contributed by atoms with Gasteiger partial charge in [-0.15, -0.1) is 0 Å². The van der Waals surface area contributed by atoms with Gasteiger partial charge in [-0.3, -0.25) is 0 Å². The van der Waals surface area contributed by atoms with Crippen LogP contribution in [0.1, 0.15) is 37.7 Å². The molecule has 1 aromatic rings. The molecule has 3 N–H and O–H groups in total. The van der Waals surface area contributed by atoms with Gasteiger partial charge in [-0.25, -0.2) is 0 Å². The van der Waals surface area contributed by atoms with Gasteiger partial charge in [0.1, 0.15) is 0 Å². The third kappa shape index (κ3) is 3.65. The number of benzene rings is 1. The average molecular weight is 288 g/mol. The topological polar surface area (TPSA) is 49.5 Å². The summed E-state index contributed by atoms with van der Waals surface area (Å²) in [5.74, 6) is 0.825. The molecule has 21 heavy (non-hydrogen) atoms. The van der Waals surface area contributed by atoms with Gasteiger partial charge in [-0.1, -0.05) is 30.3 Å². The zero-order valence-corrected chi connectivity index (χ0v) is 12.9. The van der Waals surface area contributed by atoms with Crippen LogP contribution in [0.25, 0.3) is 0 Å². The van der Waals surface area contributed by atoms with Crippen LogP contribution < -0.4 is 5.73 Å². The molecule has 116 valence electrons. The molecule has 0 aromatic heterocycles. The van der Waals surface area contributed by atoms with Crippen LogP contribution in [-0.4, -0.2) is 41.3 Å². The van der Waals surface area contributed by atoms with E-state index in [2.05, 4.69) is 35.2 Å². The van der Waals surface area contributed by atoms with E-state index in [9.17, 15) is 5.11 Å². The van der Waals surface area contributed by atoms with Gasteiger partial charge >= 0.3 is 0 Å². The van der Waals surface area contributed by atoms with Crippen LogP contribution in [0.5, 0.6) is 0 Å². The highest BCUT2D eigenvalue weighted by Gasteiger charge is 2.38. The molecule has 2 fully saturated rings. The Labute approximate surface area is 128 Å². The van der Waals surface area contributed by atoms with Crippen molar-refractivity contribution in [3.63, 3.8) is 0 Å². The number of hydrogen-bond donors (Lipinski definition) is 2. The Hall–Kier alpha value is -0.900. The van der Waals surface area contributed by atoms with Gasteiger partial charge < -0.3 is 15.7 Å². The number of aliphatic hydroxyl groups is 1. The monoisotopic (exact) mass is 288 g/mol. The molecule has 1 aliphatic carbocycles. The summed E-state index contributed by atoms with van der Waals surface area (Å²) < 4.78 is 0. The summed E-state index contributed by atoms with van der Waals surface area (Å²) in [6, 6.07) is 11.4. The van der Waals surface area contributed by atoms with Crippen LogP contribution in [0.3, 0.4) is 0 Å². The summed E-state index contributed by atoms with van der Waals surface area (Å²) in [4.78, 5) is 2.62. The van der Waals surface area contributed by atoms with E-state index in [4.69, 9.17) is 5.73 Å². The molecule has 2 atom stereocenters. The fourth-order valence-electron chi connectivity index (χ4n) is 4.05. The molecular weight excluding hydrogens is 260 g/mol. The first-order chi connectivity index (χ1) is 10.2. The zero-order valence-electron chi connectivity index (χ0n) is 12.9. The molecule has 1 aromatic carbocycles. The molecule has 1 aliphatic heterocycles. The Morgan fingerprint density at radius 1 is 1.14 bits per heavy atom. The zero-order chi connectivity index (χ0) is 14.7. The van der Waals surface area contributed by atoms with Crippen LogP contribution in [0.2, 0.25) is 0 Å². The molecule has 2 aliphatic rings. The van der Waals surface area contributed by atoms with Crippen molar-refractivity contribution in [2.24, 2.45) is 11.7 Å². The highest BCUT2D eigenvalue weighted by atomic mass is 16.3. The molecule has 0 spiro atoms. The number of nitrogens with zero attached hydrogens (tertiary/aromatic N) is 1. The van der Waals surface area contributed by atoms with Crippen molar-refractivity contribution < 1.29 is 5.11 Å². The molecular formula is C18H28N2O. The quantitative estimate of drug-likeness (QED) is 0.893. The van der Waals surface area contributed by atoms with E-state index in [-0.39, 0.29) is 12.1 Å². The average Bonchev–Trinajstić information content (AvgIpc) is 2.92. The first-order valence-corrected chi connectivity index (χ1v) is 8.36. The Kier molecular flexibility index (Phi) is 4.63. The lowest BCUT2D eigenvalue weighted by atomic mass is 9.89. The molecule has 2 unspecified atom stereocenters. The Morgan fingerprint density at radius 3 is 2.48 bits per heavy atom. The van der Waals surface area contributed by atoms with Crippen molar-refractivity contribution in [3.05, 3.63) is 35.9 Å². The molecule has 0 amide bonds. The third-order valence-electron chi connectivity index (χ3n) is 5.47. The summed E-state index contributed by atoms with van der Waals surface area (Å²) in [6.45, 7) is 2.53. The van der Waals surface area contributed by atoms with Crippen LogP contribution in [-0.2, 0) is 6.42 Å². The van der Waals surface area contributed by atoms with E-state index in [0.717, 1.165) is 25.2 Å². The Balaban J connectivity index is 1.47. The van der Waals surface area contributed by atoms with Gasteiger partial charge in [0.25, 0.3) is 0 Å². The van der Waals surface area contributed by atoms with E-state index < -0.39 is 0 Å². The van der Waals surface area contributed by atoms with Crippen molar-refractivity contribution in [1.29, 1.82) is 0 Å². The van der Waals surface area contributed by atoms with E-state index in [1.54, 1.807) is 0 Å². The predicted octanol–water partition coefficient (Wildman–Crippen LogP) is 2.18. The Morgan fingerprint density at radius 2 is 1.86 bits per heavy atom. The summed E-state index contributed by atoms with van der Waals surface area (Å²) in [5, 5.41) is 9.40. The van der Waals surface area contributed by atoms with Crippen LogP contribution >= 0.6 is 0 Å². The smallest absolute Gasteiger partial charge is 0.0611 e. The normalized spacial score (nSPS) is 31.6. The number of likely N-dealkylation sites (tertiary alicyclic amines) is 1. The van der Waals surface area contributed by atoms with Gasteiger partial charge in [-0.05, 0) is 63.1 Å². The molecule has 0 radical (unpaired) electrons. The number of rotatable bonds is 4. The molecule has 3 rings (SSSR count). The van der Waals surface area contributed by atoms with Crippen molar-refractivity contribution in [3.8, 4) is 0 Å². The first kappa shape index (κ1) is 15.0. The fraction of sp³-hybridized carbons (Fsp3) is 0.667. The van der Waals surface area contributed by atoms with Crippen molar-refractivity contribution in [1.82, 2.24) is 4.90 Å². The minimum Gasteiger partial charge on any atom is -0.394 e. The second-order valence-electron chi connectivity index (χ2n) is 7.09. The highest BCUT2D eigenvalue weighted by Crippen LogP contribution is 2.33. The third-order valence-corrected chi connectivity index (χ3v) is 5.47. The number of piperidine rings is 1. The summed E-state index contributed by atoms with van der Waals surface area (Å²) >= 11 is 0. The van der Waals surface area contributed by atoms with Crippen LogP contribution in [0.4, 0.5) is 0 Å². The summed E-state index contributed by atoms with van der Waals surface area (Å²) in [7, 11) is 0. The van der Waals surface area contributed by atoms with E-state index in [1.165, 1.54) is 37.9 Å². The van der Waals surface area contributed by atoms with E-state index in [1.807, 2.05) is 0 Å². The summed E-state index contributed by atoms with van der Waals surface area (Å²) in [5.41, 5.74) is 7.36. The largest absolute Gasteiger partial charge is 0.394 e. The lowest BCUT2D eigenvalue weighted by Crippen LogP contribution is -2.45. The molecule has 3 heteroatoms. The van der Waals surface area contributed by atoms with Gasteiger partial charge in [-0.2, -0.15) is 0 Å².